The number of hydrogen-bond donors (Lipinski definition) is 1. The zero-order valence-electron chi connectivity index (χ0n) is 17.5. The molecule has 0 spiro atoms. The second-order valence-corrected chi connectivity index (χ2v) is 9.18. The predicted molar refractivity (Wildman–Crippen MR) is 127 cm³/mol. The third-order valence-electron chi connectivity index (χ3n) is 5.92. The standard InChI is InChI=1S/C26H22N2O3S/c29-24(28-11-13-32-14-12-28)15-17-5-8-19(9-6-17)27-26(31)18-7-10-21-20-3-1-2-4-22(20)25(30)23(21)16-18/h1-10,16H,11-15H2,(H,27,31). The van der Waals surface area contributed by atoms with Gasteiger partial charge in [-0.05, 0) is 41.0 Å². The Morgan fingerprint density at radius 3 is 2.28 bits per heavy atom. The summed E-state index contributed by atoms with van der Waals surface area (Å²) in [5, 5.41) is 2.88. The highest BCUT2D eigenvalue weighted by molar-refractivity contribution is 7.99. The van der Waals surface area contributed by atoms with Crippen LogP contribution < -0.4 is 5.32 Å². The Morgan fingerprint density at radius 2 is 1.53 bits per heavy atom. The number of carbonyl (C=O) groups is 3. The summed E-state index contributed by atoms with van der Waals surface area (Å²) in [5.41, 5.74) is 5.02. The van der Waals surface area contributed by atoms with E-state index in [0.29, 0.717) is 28.8 Å². The van der Waals surface area contributed by atoms with Gasteiger partial charge in [-0.25, -0.2) is 0 Å². The summed E-state index contributed by atoms with van der Waals surface area (Å²) in [6, 6.07) is 20.1. The number of benzene rings is 3. The first-order chi connectivity index (χ1) is 15.6. The minimum Gasteiger partial charge on any atom is -0.341 e. The van der Waals surface area contributed by atoms with Gasteiger partial charge in [-0.1, -0.05) is 42.5 Å². The van der Waals surface area contributed by atoms with Crippen LogP contribution in [0.3, 0.4) is 0 Å². The fourth-order valence-corrected chi connectivity index (χ4v) is 5.08. The molecule has 1 N–H and O–H groups in total. The van der Waals surface area contributed by atoms with Crippen LogP contribution in [-0.4, -0.2) is 47.1 Å². The van der Waals surface area contributed by atoms with Gasteiger partial charge in [0.1, 0.15) is 0 Å². The van der Waals surface area contributed by atoms with E-state index in [4.69, 9.17) is 0 Å². The van der Waals surface area contributed by atoms with E-state index in [1.165, 1.54) is 0 Å². The van der Waals surface area contributed by atoms with Crippen molar-refractivity contribution >= 4 is 35.0 Å². The minimum atomic E-state index is -0.272. The minimum absolute atomic E-state index is 0.0495. The Kier molecular flexibility index (Phi) is 5.53. The highest BCUT2D eigenvalue weighted by Gasteiger charge is 2.27. The van der Waals surface area contributed by atoms with Gasteiger partial charge < -0.3 is 10.2 Å². The summed E-state index contributed by atoms with van der Waals surface area (Å²) in [4.78, 5) is 39.8. The van der Waals surface area contributed by atoms with Gasteiger partial charge in [-0.3, -0.25) is 14.4 Å². The number of thioether (sulfide) groups is 1. The smallest absolute Gasteiger partial charge is 0.255 e. The van der Waals surface area contributed by atoms with Crippen molar-refractivity contribution in [3.63, 3.8) is 0 Å². The summed E-state index contributed by atoms with van der Waals surface area (Å²) in [7, 11) is 0. The van der Waals surface area contributed by atoms with Gasteiger partial charge in [0.25, 0.3) is 5.91 Å². The molecule has 0 aromatic heterocycles. The van der Waals surface area contributed by atoms with Crippen molar-refractivity contribution in [1.29, 1.82) is 0 Å². The molecular formula is C26H22N2O3S. The number of fused-ring (bicyclic) bond motifs is 3. The number of hydrogen-bond acceptors (Lipinski definition) is 4. The fourth-order valence-electron chi connectivity index (χ4n) is 4.18. The van der Waals surface area contributed by atoms with Crippen molar-refractivity contribution in [1.82, 2.24) is 4.90 Å². The molecule has 1 heterocycles. The van der Waals surface area contributed by atoms with Crippen LogP contribution >= 0.6 is 11.8 Å². The number of amides is 2. The maximum atomic E-state index is 12.8. The Labute approximate surface area is 190 Å². The van der Waals surface area contributed by atoms with E-state index in [9.17, 15) is 14.4 Å². The van der Waals surface area contributed by atoms with E-state index in [-0.39, 0.29) is 17.6 Å². The lowest BCUT2D eigenvalue weighted by Gasteiger charge is -2.26. The molecule has 3 aromatic rings. The largest absolute Gasteiger partial charge is 0.341 e. The van der Waals surface area contributed by atoms with Crippen LogP contribution in [-0.2, 0) is 11.2 Å². The van der Waals surface area contributed by atoms with Crippen molar-refractivity contribution in [3.05, 3.63) is 89.0 Å². The molecule has 2 aliphatic rings. The van der Waals surface area contributed by atoms with Gasteiger partial charge in [0.15, 0.2) is 5.78 Å². The quantitative estimate of drug-likeness (QED) is 0.513. The van der Waals surface area contributed by atoms with E-state index >= 15 is 0 Å². The lowest BCUT2D eigenvalue weighted by Crippen LogP contribution is -2.38. The second-order valence-electron chi connectivity index (χ2n) is 7.96. The highest BCUT2D eigenvalue weighted by Crippen LogP contribution is 2.36. The molecule has 160 valence electrons. The number of nitrogens with zero attached hydrogens (tertiary/aromatic N) is 1. The van der Waals surface area contributed by atoms with Gasteiger partial charge >= 0.3 is 0 Å². The molecule has 1 aliphatic carbocycles. The molecular weight excluding hydrogens is 420 g/mol. The van der Waals surface area contributed by atoms with Crippen LogP contribution in [0.2, 0.25) is 0 Å². The van der Waals surface area contributed by atoms with Crippen LogP contribution in [0.25, 0.3) is 11.1 Å². The molecule has 5 rings (SSSR count). The van der Waals surface area contributed by atoms with Gasteiger partial charge in [0.05, 0.1) is 6.42 Å². The lowest BCUT2D eigenvalue weighted by atomic mass is 10.0. The molecule has 32 heavy (non-hydrogen) atoms. The Balaban J connectivity index is 1.26. The van der Waals surface area contributed by atoms with Crippen molar-refractivity contribution in [3.8, 4) is 11.1 Å². The van der Waals surface area contributed by atoms with E-state index in [1.807, 2.05) is 59.1 Å². The molecule has 1 saturated heterocycles. The van der Waals surface area contributed by atoms with Crippen LogP contribution in [0, 0.1) is 0 Å². The van der Waals surface area contributed by atoms with E-state index in [0.717, 1.165) is 41.3 Å². The number of anilines is 1. The lowest BCUT2D eigenvalue weighted by molar-refractivity contribution is -0.130. The monoisotopic (exact) mass is 442 g/mol. The highest BCUT2D eigenvalue weighted by atomic mass is 32.2. The van der Waals surface area contributed by atoms with Crippen LogP contribution in [0.15, 0.2) is 66.7 Å². The van der Waals surface area contributed by atoms with E-state index < -0.39 is 0 Å². The summed E-state index contributed by atoms with van der Waals surface area (Å²) in [6.45, 7) is 1.62. The Morgan fingerprint density at radius 1 is 0.844 bits per heavy atom. The third-order valence-corrected chi connectivity index (χ3v) is 6.86. The molecule has 0 saturated carbocycles. The van der Waals surface area contributed by atoms with Crippen molar-refractivity contribution < 1.29 is 14.4 Å². The number of ketones is 1. The molecule has 0 radical (unpaired) electrons. The van der Waals surface area contributed by atoms with Gasteiger partial charge in [0, 0.05) is 47.0 Å². The molecule has 3 aromatic carbocycles. The average Bonchev–Trinajstić information content (AvgIpc) is 3.12. The first-order valence-corrected chi connectivity index (χ1v) is 11.8. The zero-order chi connectivity index (χ0) is 22.1. The SMILES string of the molecule is O=C(Nc1ccc(CC(=O)N2CCSCC2)cc1)c1ccc2c(c1)C(=O)c1ccccc1-2. The van der Waals surface area contributed by atoms with Gasteiger partial charge in [0.2, 0.25) is 5.91 Å². The van der Waals surface area contributed by atoms with Crippen molar-refractivity contribution in [2.45, 2.75) is 6.42 Å². The molecule has 0 atom stereocenters. The summed E-state index contributed by atoms with van der Waals surface area (Å²) in [5.74, 6) is 1.82. The van der Waals surface area contributed by atoms with Crippen molar-refractivity contribution in [2.75, 3.05) is 29.9 Å². The van der Waals surface area contributed by atoms with Crippen LogP contribution in [0.4, 0.5) is 5.69 Å². The fraction of sp³-hybridized carbons (Fsp3) is 0.192. The zero-order valence-corrected chi connectivity index (χ0v) is 18.3. The second kappa shape index (κ2) is 8.63. The molecule has 0 bridgehead atoms. The molecule has 2 amide bonds. The van der Waals surface area contributed by atoms with E-state index in [2.05, 4.69) is 5.32 Å². The third kappa shape index (κ3) is 3.94. The Bertz CT molecular complexity index is 1210. The molecule has 1 aliphatic heterocycles. The summed E-state index contributed by atoms with van der Waals surface area (Å²) < 4.78 is 0. The maximum Gasteiger partial charge on any atom is 0.255 e. The molecule has 6 heteroatoms. The van der Waals surface area contributed by atoms with Crippen LogP contribution in [0.5, 0.6) is 0 Å². The average molecular weight is 443 g/mol. The van der Waals surface area contributed by atoms with Gasteiger partial charge in [-0.15, -0.1) is 0 Å². The topological polar surface area (TPSA) is 66.5 Å². The molecule has 5 nitrogen and oxygen atoms in total. The maximum absolute atomic E-state index is 12.8. The van der Waals surface area contributed by atoms with Crippen molar-refractivity contribution in [2.24, 2.45) is 0 Å². The predicted octanol–water partition coefficient (Wildman–Crippen LogP) is 4.27. The number of carbonyl (C=O) groups excluding carboxylic acids is 3. The summed E-state index contributed by atoms with van der Waals surface area (Å²) >= 11 is 1.88. The van der Waals surface area contributed by atoms with E-state index in [1.54, 1.807) is 24.3 Å². The molecule has 1 fully saturated rings. The first-order valence-electron chi connectivity index (χ1n) is 10.6. The summed E-state index contributed by atoms with van der Waals surface area (Å²) in [6.07, 6.45) is 0.367. The first kappa shape index (κ1) is 20.5. The number of rotatable bonds is 4. The number of nitrogens with one attached hydrogen (secondary N) is 1. The molecule has 0 unspecified atom stereocenters. The van der Waals surface area contributed by atoms with Crippen LogP contribution in [0.1, 0.15) is 31.8 Å². The Hall–Kier alpha value is -3.38. The normalized spacial score (nSPS) is 14.6. The van der Waals surface area contributed by atoms with Gasteiger partial charge in [-0.2, -0.15) is 11.8 Å².